The largest absolute Gasteiger partial charge is 0.324 e. The lowest BCUT2D eigenvalue weighted by Gasteiger charge is -2.18. The molecular weight excluding hydrogens is 292 g/mol. The molecule has 1 fully saturated rings. The summed E-state index contributed by atoms with van der Waals surface area (Å²) in [5.41, 5.74) is 3.10. The average molecular weight is 311 g/mol. The number of benzene rings is 1. The van der Waals surface area contributed by atoms with E-state index < -0.39 is 0 Å². The molecule has 1 aromatic rings. The molecule has 2 atom stereocenters. The fourth-order valence-corrected chi connectivity index (χ4v) is 3.18. The van der Waals surface area contributed by atoms with E-state index in [4.69, 9.17) is 0 Å². The summed E-state index contributed by atoms with van der Waals surface area (Å²) in [6.45, 7) is 7.07. The fraction of sp³-hybridized carbons (Fsp3) is 0.500. The highest BCUT2D eigenvalue weighted by Gasteiger charge is 2.29. The Labute approximate surface area is 116 Å². The zero-order valence-corrected chi connectivity index (χ0v) is 12.6. The SMILES string of the molecule is Cc1cc(Br)cc(C)c1NC(=O)C1NCCC1C. The number of hydrogen-bond acceptors (Lipinski definition) is 2. The Morgan fingerprint density at radius 3 is 2.50 bits per heavy atom. The van der Waals surface area contributed by atoms with Gasteiger partial charge in [-0.15, -0.1) is 0 Å². The van der Waals surface area contributed by atoms with Crippen molar-refractivity contribution in [2.75, 3.05) is 11.9 Å². The summed E-state index contributed by atoms with van der Waals surface area (Å²) in [6.07, 6.45) is 1.07. The van der Waals surface area contributed by atoms with E-state index in [2.05, 4.69) is 33.5 Å². The Hall–Kier alpha value is -0.870. The molecule has 2 rings (SSSR count). The molecule has 0 aliphatic carbocycles. The highest BCUT2D eigenvalue weighted by molar-refractivity contribution is 9.10. The van der Waals surface area contributed by atoms with Crippen molar-refractivity contribution in [3.05, 3.63) is 27.7 Å². The summed E-state index contributed by atoms with van der Waals surface area (Å²) in [5.74, 6) is 0.481. The van der Waals surface area contributed by atoms with E-state index in [1.165, 1.54) is 0 Å². The maximum atomic E-state index is 12.2. The van der Waals surface area contributed by atoms with Gasteiger partial charge >= 0.3 is 0 Å². The van der Waals surface area contributed by atoms with Crippen LogP contribution in [0, 0.1) is 19.8 Å². The molecule has 0 saturated carbocycles. The van der Waals surface area contributed by atoms with Crippen LogP contribution in [0.25, 0.3) is 0 Å². The van der Waals surface area contributed by atoms with E-state index in [9.17, 15) is 4.79 Å². The van der Waals surface area contributed by atoms with Crippen molar-refractivity contribution in [2.45, 2.75) is 33.2 Å². The van der Waals surface area contributed by atoms with E-state index in [1.807, 2.05) is 26.0 Å². The van der Waals surface area contributed by atoms with Crippen LogP contribution < -0.4 is 10.6 Å². The minimum atomic E-state index is -0.0625. The van der Waals surface area contributed by atoms with E-state index in [-0.39, 0.29) is 11.9 Å². The Balaban J connectivity index is 2.17. The number of aryl methyl sites for hydroxylation is 2. The van der Waals surface area contributed by atoms with Crippen molar-refractivity contribution in [2.24, 2.45) is 5.92 Å². The zero-order valence-electron chi connectivity index (χ0n) is 11.0. The number of rotatable bonds is 2. The number of carbonyl (C=O) groups excluding carboxylic acids is 1. The number of amides is 1. The average Bonchev–Trinajstić information content (AvgIpc) is 2.69. The highest BCUT2D eigenvalue weighted by atomic mass is 79.9. The van der Waals surface area contributed by atoms with Crippen LogP contribution in [0.2, 0.25) is 0 Å². The van der Waals surface area contributed by atoms with Crippen molar-refractivity contribution in [1.29, 1.82) is 0 Å². The second-order valence-corrected chi connectivity index (χ2v) is 6.02. The van der Waals surface area contributed by atoms with Gasteiger partial charge in [0.15, 0.2) is 0 Å². The molecule has 1 amide bonds. The van der Waals surface area contributed by atoms with E-state index in [0.717, 1.165) is 34.3 Å². The van der Waals surface area contributed by atoms with Gasteiger partial charge in [0.1, 0.15) is 0 Å². The Bertz CT molecular complexity index is 450. The summed E-state index contributed by atoms with van der Waals surface area (Å²) in [7, 11) is 0. The Morgan fingerprint density at radius 2 is 2.00 bits per heavy atom. The smallest absolute Gasteiger partial charge is 0.241 e. The second kappa shape index (κ2) is 5.41. The quantitative estimate of drug-likeness (QED) is 0.881. The van der Waals surface area contributed by atoms with Gasteiger partial charge in [-0.05, 0) is 56.0 Å². The maximum Gasteiger partial charge on any atom is 0.241 e. The molecule has 3 nitrogen and oxygen atoms in total. The summed E-state index contributed by atoms with van der Waals surface area (Å²) in [4.78, 5) is 12.2. The van der Waals surface area contributed by atoms with Crippen LogP contribution in [0.4, 0.5) is 5.69 Å². The van der Waals surface area contributed by atoms with Gasteiger partial charge in [0.05, 0.1) is 6.04 Å². The first kappa shape index (κ1) is 13.6. The van der Waals surface area contributed by atoms with Gasteiger partial charge in [-0.1, -0.05) is 22.9 Å². The number of carbonyl (C=O) groups is 1. The van der Waals surface area contributed by atoms with E-state index in [1.54, 1.807) is 0 Å². The van der Waals surface area contributed by atoms with Gasteiger partial charge in [0.25, 0.3) is 0 Å². The molecule has 2 unspecified atom stereocenters. The molecule has 4 heteroatoms. The Kier molecular flexibility index (Phi) is 4.07. The summed E-state index contributed by atoms with van der Waals surface area (Å²) in [5, 5.41) is 6.31. The van der Waals surface area contributed by atoms with E-state index in [0.29, 0.717) is 5.92 Å². The number of nitrogens with one attached hydrogen (secondary N) is 2. The van der Waals surface area contributed by atoms with Gasteiger partial charge < -0.3 is 10.6 Å². The molecule has 1 aliphatic heterocycles. The van der Waals surface area contributed by atoms with Gasteiger partial charge in [0.2, 0.25) is 5.91 Å². The molecule has 2 N–H and O–H groups in total. The van der Waals surface area contributed by atoms with Crippen LogP contribution in [0.15, 0.2) is 16.6 Å². The summed E-state index contributed by atoms with van der Waals surface area (Å²) < 4.78 is 1.04. The fourth-order valence-electron chi connectivity index (χ4n) is 2.49. The first-order chi connectivity index (χ1) is 8.49. The predicted molar refractivity (Wildman–Crippen MR) is 77.8 cm³/mol. The number of anilines is 1. The van der Waals surface area contributed by atoms with Crippen molar-refractivity contribution in [3.8, 4) is 0 Å². The molecule has 98 valence electrons. The zero-order chi connectivity index (χ0) is 13.3. The van der Waals surface area contributed by atoms with E-state index >= 15 is 0 Å². The molecule has 0 spiro atoms. The maximum absolute atomic E-state index is 12.2. The first-order valence-electron chi connectivity index (χ1n) is 6.30. The molecule has 0 bridgehead atoms. The minimum absolute atomic E-state index is 0.0625. The van der Waals surface area contributed by atoms with Crippen LogP contribution in [0.1, 0.15) is 24.5 Å². The van der Waals surface area contributed by atoms with Crippen LogP contribution in [0.5, 0.6) is 0 Å². The molecule has 1 heterocycles. The van der Waals surface area contributed by atoms with Crippen LogP contribution in [0.3, 0.4) is 0 Å². The third-order valence-corrected chi connectivity index (χ3v) is 4.02. The summed E-state index contributed by atoms with van der Waals surface area (Å²) >= 11 is 3.46. The molecule has 1 aliphatic rings. The monoisotopic (exact) mass is 310 g/mol. The molecule has 18 heavy (non-hydrogen) atoms. The third-order valence-electron chi connectivity index (χ3n) is 3.56. The van der Waals surface area contributed by atoms with Gasteiger partial charge in [-0.25, -0.2) is 0 Å². The predicted octanol–water partition coefficient (Wildman–Crippen LogP) is 3.00. The lowest BCUT2D eigenvalue weighted by Crippen LogP contribution is -2.39. The standard InChI is InChI=1S/C14H19BrN2O/c1-8-4-5-16-13(8)14(18)17-12-9(2)6-11(15)7-10(12)3/h6-8,13,16H,4-5H2,1-3H3,(H,17,18). The molecule has 1 aromatic carbocycles. The number of halogens is 1. The van der Waals surface area contributed by atoms with Crippen molar-refractivity contribution < 1.29 is 4.79 Å². The Morgan fingerprint density at radius 1 is 1.39 bits per heavy atom. The molecule has 1 saturated heterocycles. The van der Waals surface area contributed by atoms with Gasteiger partial charge in [-0.3, -0.25) is 4.79 Å². The lowest BCUT2D eigenvalue weighted by atomic mass is 10.0. The molecule has 0 radical (unpaired) electrons. The van der Waals surface area contributed by atoms with Crippen molar-refractivity contribution in [3.63, 3.8) is 0 Å². The third kappa shape index (κ3) is 2.75. The lowest BCUT2D eigenvalue weighted by molar-refractivity contribution is -0.118. The first-order valence-corrected chi connectivity index (χ1v) is 7.09. The number of hydrogen-bond donors (Lipinski definition) is 2. The van der Waals surface area contributed by atoms with Crippen molar-refractivity contribution in [1.82, 2.24) is 5.32 Å². The highest BCUT2D eigenvalue weighted by Crippen LogP contribution is 2.26. The van der Waals surface area contributed by atoms with Crippen LogP contribution in [-0.4, -0.2) is 18.5 Å². The normalized spacial score (nSPS) is 23.1. The summed E-state index contributed by atoms with van der Waals surface area (Å²) in [6, 6.07) is 3.98. The molecular formula is C14H19BrN2O. The molecule has 0 aromatic heterocycles. The second-order valence-electron chi connectivity index (χ2n) is 5.10. The minimum Gasteiger partial charge on any atom is -0.324 e. The van der Waals surface area contributed by atoms with Crippen LogP contribution >= 0.6 is 15.9 Å². The van der Waals surface area contributed by atoms with Crippen LogP contribution in [-0.2, 0) is 4.79 Å². The van der Waals surface area contributed by atoms with Crippen molar-refractivity contribution >= 4 is 27.5 Å². The van der Waals surface area contributed by atoms with Gasteiger partial charge in [-0.2, -0.15) is 0 Å². The topological polar surface area (TPSA) is 41.1 Å². The van der Waals surface area contributed by atoms with Gasteiger partial charge in [0, 0.05) is 10.2 Å².